The third-order valence-electron chi connectivity index (χ3n) is 0.999. The van der Waals surface area contributed by atoms with Gasteiger partial charge in [-0.1, -0.05) is 0 Å². The van der Waals surface area contributed by atoms with Gasteiger partial charge >= 0.3 is 5.97 Å². The Morgan fingerprint density at radius 1 is 1.73 bits per heavy atom. The number of aromatic amines is 1. The monoisotopic (exact) mass is 158 g/mol. The Labute approximate surface area is 59.5 Å². The van der Waals surface area contributed by atoms with Crippen LogP contribution < -0.4 is 5.56 Å². The largest absolute Gasteiger partial charge is 0.476 e. The van der Waals surface area contributed by atoms with Gasteiger partial charge in [-0.25, -0.2) is 9.78 Å². The Bertz CT molecular complexity index is 346. The fraction of sp³-hybridized carbons (Fsp3) is 0. The molecule has 0 fully saturated rings. The van der Waals surface area contributed by atoms with Crippen LogP contribution in [0.5, 0.6) is 0 Å². The molecule has 11 heavy (non-hydrogen) atoms. The average Bonchev–Trinajstić information content (AvgIpc) is 1.94. The lowest BCUT2D eigenvalue weighted by atomic mass is 10.4. The van der Waals surface area contributed by atoms with E-state index in [9.17, 15) is 14.0 Å². The number of aromatic carboxylic acids is 1. The maximum atomic E-state index is 12.5. The van der Waals surface area contributed by atoms with Gasteiger partial charge in [-0.05, 0) is 0 Å². The van der Waals surface area contributed by atoms with Gasteiger partial charge in [0.2, 0.25) is 5.82 Å². The molecule has 1 heterocycles. The van der Waals surface area contributed by atoms with Crippen LogP contribution in [0.25, 0.3) is 0 Å². The maximum Gasteiger partial charge on any atom is 0.357 e. The van der Waals surface area contributed by atoms with E-state index in [1.165, 1.54) is 0 Å². The molecule has 0 atom stereocenters. The quantitative estimate of drug-likeness (QED) is 0.582. The summed E-state index contributed by atoms with van der Waals surface area (Å²) in [5.74, 6) is -2.94. The van der Waals surface area contributed by atoms with Crippen molar-refractivity contribution in [2.75, 3.05) is 0 Å². The molecular weight excluding hydrogens is 155 g/mol. The summed E-state index contributed by atoms with van der Waals surface area (Å²) in [6.45, 7) is 0. The number of H-pyrrole nitrogens is 1. The topological polar surface area (TPSA) is 83.0 Å². The van der Waals surface area contributed by atoms with Crippen LogP contribution >= 0.6 is 0 Å². The maximum absolute atomic E-state index is 12.5. The van der Waals surface area contributed by atoms with Crippen LogP contribution in [0, 0.1) is 5.82 Å². The predicted octanol–water partition coefficient (Wildman–Crippen LogP) is -0.393. The molecule has 0 aliphatic heterocycles. The summed E-state index contributed by atoms with van der Waals surface area (Å²) in [7, 11) is 0. The fourth-order valence-electron chi connectivity index (χ4n) is 0.532. The van der Waals surface area contributed by atoms with Crippen molar-refractivity contribution in [3.05, 3.63) is 28.2 Å². The second-order valence-electron chi connectivity index (χ2n) is 1.70. The van der Waals surface area contributed by atoms with Crippen molar-refractivity contribution in [1.29, 1.82) is 0 Å². The highest BCUT2D eigenvalue weighted by Crippen LogP contribution is 1.94. The summed E-state index contributed by atoms with van der Waals surface area (Å²) in [6, 6.07) is 0. The van der Waals surface area contributed by atoms with Gasteiger partial charge in [-0.15, -0.1) is 0 Å². The zero-order valence-corrected chi connectivity index (χ0v) is 5.17. The van der Waals surface area contributed by atoms with E-state index >= 15 is 0 Å². The molecule has 0 aliphatic carbocycles. The summed E-state index contributed by atoms with van der Waals surface area (Å²) in [5, 5.41) is 8.23. The Balaban J connectivity index is 3.39. The SMILES string of the molecule is O=C(O)c1nc[nH]c(=O)c1F. The van der Waals surface area contributed by atoms with Crippen molar-refractivity contribution in [3.8, 4) is 0 Å². The number of rotatable bonds is 1. The van der Waals surface area contributed by atoms with Gasteiger partial charge in [0.15, 0.2) is 5.69 Å². The van der Waals surface area contributed by atoms with Gasteiger partial charge in [0.25, 0.3) is 5.56 Å². The van der Waals surface area contributed by atoms with Crippen molar-refractivity contribution in [2.45, 2.75) is 0 Å². The number of nitrogens with zero attached hydrogens (tertiary/aromatic N) is 1. The van der Waals surface area contributed by atoms with Crippen molar-refractivity contribution >= 4 is 5.97 Å². The first-order valence-electron chi connectivity index (χ1n) is 2.59. The molecule has 6 heteroatoms. The first-order chi connectivity index (χ1) is 5.13. The number of hydrogen-bond donors (Lipinski definition) is 2. The third kappa shape index (κ3) is 1.23. The highest BCUT2D eigenvalue weighted by Gasteiger charge is 2.13. The molecular formula is C5H3FN2O3. The van der Waals surface area contributed by atoms with Gasteiger partial charge in [0.1, 0.15) is 0 Å². The Hall–Kier alpha value is -1.72. The van der Waals surface area contributed by atoms with E-state index in [4.69, 9.17) is 5.11 Å². The van der Waals surface area contributed by atoms with Crippen LogP contribution in [0.2, 0.25) is 0 Å². The number of carbonyl (C=O) groups is 1. The summed E-state index contributed by atoms with van der Waals surface area (Å²) in [5.41, 5.74) is -1.95. The molecule has 1 aromatic rings. The van der Waals surface area contributed by atoms with E-state index in [0.29, 0.717) is 0 Å². The number of aromatic nitrogens is 2. The summed E-state index contributed by atoms with van der Waals surface area (Å²) in [4.78, 5) is 25.5. The van der Waals surface area contributed by atoms with E-state index in [-0.39, 0.29) is 0 Å². The molecule has 2 N–H and O–H groups in total. The van der Waals surface area contributed by atoms with Crippen LogP contribution in [0.15, 0.2) is 11.1 Å². The second kappa shape index (κ2) is 2.49. The molecule has 1 aromatic heterocycles. The van der Waals surface area contributed by atoms with Crippen molar-refractivity contribution in [2.24, 2.45) is 0 Å². The molecule has 0 amide bonds. The van der Waals surface area contributed by atoms with Crippen molar-refractivity contribution in [3.63, 3.8) is 0 Å². The van der Waals surface area contributed by atoms with E-state index in [1.54, 1.807) is 0 Å². The van der Waals surface area contributed by atoms with E-state index in [1.807, 2.05) is 4.98 Å². The molecule has 1 rings (SSSR count). The summed E-state index contributed by atoms with van der Waals surface area (Å²) in [6.07, 6.45) is 0.828. The molecule has 58 valence electrons. The Morgan fingerprint density at radius 3 is 2.82 bits per heavy atom. The Kier molecular flexibility index (Phi) is 1.67. The van der Waals surface area contributed by atoms with Crippen LogP contribution in [-0.2, 0) is 0 Å². The van der Waals surface area contributed by atoms with Gasteiger partial charge in [-0.2, -0.15) is 4.39 Å². The number of carboxylic acids is 1. The predicted molar refractivity (Wildman–Crippen MR) is 31.8 cm³/mol. The molecule has 5 nitrogen and oxygen atoms in total. The van der Waals surface area contributed by atoms with Crippen LogP contribution in [0.3, 0.4) is 0 Å². The smallest absolute Gasteiger partial charge is 0.357 e. The van der Waals surface area contributed by atoms with E-state index in [2.05, 4.69) is 4.98 Å². The normalized spacial score (nSPS) is 9.55. The number of nitrogens with one attached hydrogen (secondary N) is 1. The molecule has 0 unspecified atom stereocenters. The van der Waals surface area contributed by atoms with E-state index < -0.39 is 23.0 Å². The Morgan fingerprint density at radius 2 is 2.36 bits per heavy atom. The molecule has 0 radical (unpaired) electrons. The summed E-state index contributed by atoms with van der Waals surface area (Å²) < 4.78 is 12.5. The van der Waals surface area contributed by atoms with Crippen molar-refractivity contribution in [1.82, 2.24) is 9.97 Å². The number of carboxylic acid groups (broad SMARTS) is 1. The number of hydrogen-bond acceptors (Lipinski definition) is 3. The highest BCUT2D eigenvalue weighted by atomic mass is 19.1. The standard InChI is InChI=1S/C5H3FN2O3/c6-2-3(5(10)11)7-1-8-4(2)9/h1H,(H,10,11)(H,7,8,9). The second-order valence-corrected chi connectivity index (χ2v) is 1.70. The molecule has 0 saturated heterocycles. The minimum Gasteiger partial charge on any atom is -0.476 e. The van der Waals surface area contributed by atoms with Gasteiger partial charge < -0.3 is 10.1 Å². The van der Waals surface area contributed by atoms with Crippen LogP contribution in [0.1, 0.15) is 10.5 Å². The van der Waals surface area contributed by atoms with Crippen molar-refractivity contribution < 1.29 is 14.3 Å². The molecule has 0 aromatic carbocycles. The van der Waals surface area contributed by atoms with Crippen LogP contribution in [-0.4, -0.2) is 21.0 Å². The third-order valence-corrected chi connectivity index (χ3v) is 0.999. The minimum absolute atomic E-state index is 0.828. The minimum atomic E-state index is -1.56. The first-order valence-corrected chi connectivity index (χ1v) is 2.59. The zero-order chi connectivity index (χ0) is 8.43. The lowest BCUT2D eigenvalue weighted by Crippen LogP contribution is -2.17. The zero-order valence-electron chi connectivity index (χ0n) is 5.17. The lowest BCUT2D eigenvalue weighted by Gasteiger charge is -1.91. The van der Waals surface area contributed by atoms with Gasteiger partial charge in [0, 0.05) is 0 Å². The van der Waals surface area contributed by atoms with Gasteiger partial charge in [0.05, 0.1) is 6.33 Å². The fourth-order valence-corrected chi connectivity index (χ4v) is 0.532. The molecule has 0 saturated carbocycles. The molecule has 0 aliphatic rings. The average molecular weight is 158 g/mol. The van der Waals surface area contributed by atoms with Gasteiger partial charge in [-0.3, -0.25) is 4.79 Å². The highest BCUT2D eigenvalue weighted by molar-refractivity contribution is 5.85. The molecule has 0 spiro atoms. The lowest BCUT2D eigenvalue weighted by molar-refractivity contribution is 0.0684. The summed E-state index contributed by atoms with van der Waals surface area (Å²) >= 11 is 0. The van der Waals surface area contributed by atoms with E-state index in [0.717, 1.165) is 6.33 Å². The molecule has 0 bridgehead atoms. The number of halogens is 1. The van der Waals surface area contributed by atoms with Crippen LogP contribution in [0.4, 0.5) is 4.39 Å². The first kappa shape index (κ1) is 7.39.